The third-order valence-electron chi connectivity index (χ3n) is 5.81. The fourth-order valence-corrected chi connectivity index (χ4v) is 5.32. The Hall–Kier alpha value is -3.50. The highest BCUT2D eigenvalue weighted by Crippen LogP contribution is 2.43. The second-order valence-corrected chi connectivity index (χ2v) is 10.9. The van der Waals surface area contributed by atoms with Gasteiger partial charge in [-0.2, -0.15) is 0 Å². The summed E-state index contributed by atoms with van der Waals surface area (Å²) >= 11 is 0. The number of nitrogens with zero attached hydrogens (tertiary/aromatic N) is 4. The maximum Gasteiger partial charge on any atom is 0.342 e. The lowest BCUT2D eigenvalue weighted by atomic mass is 10.1. The lowest BCUT2D eigenvalue weighted by molar-refractivity contribution is 0.0815. The Morgan fingerprint density at radius 3 is 2.68 bits per heavy atom. The first-order valence-electron chi connectivity index (χ1n) is 12.2. The van der Waals surface area contributed by atoms with E-state index in [1.165, 1.54) is 6.33 Å². The topological polar surface area (TPSA) is 136 Å². The lowest BCUT2D eigenvalue weighted by Crippen LogP contribution is -2.25. The molecule has 12 heteroatoms. The van der Waals surface area contributed by atoms with Crippen LogP contribution < -0.4 is 20.1 Å². The number of nitrogens with two attached hydrogens (primary N) is 1. The summed E-state index contributed by atoms with van der Waals surface area (Å²) in [6.07, 6.45) is 2.58. The molecule has 38 heavy (non-hydrogen) atoms. The van der Waals surface area contributed by atoms with Crippen molar-refractivity contribution in [2.45, 2.75) is 33.1 Å². The molecule has 3 N–H and O–H groups in total. The summed E-state index contributed by atoms with van der Waals surface area (Å²) in [6.45, 7) is 5.41. The summed E-state index contributed by atoms with van der Waals surface area (Å²) < 4.78 is 38.5. The summed E-state index contributed by atoms with van der Waals surface area (Å²) in [6, 6.07) is 14.9. The number of imidazole rings is 1. The molecule has 202 valence electrons. The molecule has 4 aromatic rings. The largest absolute Gasteiger partial charge is 0.497 e. The highest BCUT2D eigenvalue weighted by molar-refractivity contribution is 7.57. The molecule has 11 nitrogen and oxygen atoms in total. The van der Waals surface area contributed by atoms with Gasteiger partial charge in [0.25, 0.3) is 0 Å². The van der Waals surface area contributed by atoms with Crippen molar-refractivity contribution in [1.29, 1.82) is 0 Å². The van der Waals surface area contributed by atoms with Crippen LogP contribution in [-0.2, 0) is 27.2 Å². The number of rotatable bonds is 14. The number of anilines is 1. The maximum absolute atomic E-state index is 13.7. The van der Waals surface area contributed by atoms with Crippen LogP contribution in [0, 0.1) is 6.92 Å². The van der Waals surface area contributed by atoms with E-state index in [9.17, 15) is 4.57 Å². The van der Waals surface area contributed by atoms with E-state index in [0.29, 0.717) is 49.0 Å². The quantitative estimate of drug-likeness (QED) is 0.177. The molecule has 1 unspecified atom stereocenters. The van der Waals surface area contributed by atoms with E-state index in [1.54, 1.807) is 25.6 Å². The van der Waals surface area contributed by atoms with Gasteiger partial charge in [0.1, 0.15) is 29.7 Å². The number of fused-ring (bicyclic) bond motifs is 1. The second-order valence-electron chi connectivity index (χ2n) is 8.77. The van der Waals surface area contributed by atoms with E-state index >= 15 is 0 Å². The Kier molecular flexibility index (Phi) is 9.30. The number of aromatic nitrogens is 4. The van der Waals surface area contributed by atoms with E-state index < -0.39 is 7.52 Å². The fraction of sp³-hybridized carbons (Fsp3) is 0.346. The van der Waals surface area contributed by atoms with Crippen LogP contribution in [0.15, 0.2) is 61.2 Å². The normalized spacial score (nSPS) is 13.8. The van der Waals surface area contributed by atoms with E-state index in [1.807, 2.05) is 54.8 Å². The monoisotopic (exact) mass is 540 g/mol. The number of nitrogens with one attached hydrogen (secondary N) is 1. The van der Waals surface area contributed by atoms with Crippen molar-refractivity contribution in [3.8, 4) is 11.5 Å². The van der Waals surface area contributed by atoms with Gasteiger partial charge >= 0.3 is 7.52 Å². The summed E-state index contributed by atoms with van der Waals surface area (Å²) in [5.41, 5.74) is 9.16. The third-order valence-corrected chi connectivity index (χ3v) is 7.52. The predicted octanol–water partition coefficient (Wildman–Crippen LogP) is 4.17. The zero-order valence-electron chi connectivity index (χ0n) is 21.7. The van der Waals surface area contributed by atoms with Crippen molar-refractivity contribution >= 4 is 24.5 Å². The van der Waals surface area contributed by atoms with Crippen LogP contribution in [0.4, 0.5) is 5.82 Å². The van der Waals surface area contributed by atoms with Gasteiger partial charge in [0.15, 0.2) is 11.5 Å². The summed E-state index contributed by atoms with van der Waals surface area (Å²) in [4.78, 5) is 12.5. The van der Waals surface area contributed by atoms with Crippen molar-refractivity contribution < 1.29 is 23.3 Å². The van der Waals surface area contributed by atoms with Crippen LogP contribution in [0.3, 0.4) is 0 Å². The molecule has 0 fully saturated rings. The fourth-order valence-electron chi connectivity index (χ4n) is 3.77. The molecule has 2 aromatic carbocycles. The molecular weight excluding hydrogens is 507 g/mol. The van der Waals surface area contributed by atoms with Crippen LogP contribution in [-0.4, -0.2) is 52.2 Å². The van der Waals surface area contributed by atoms with E-state index in [4.69, 9.17) is 24.5 Å². The molecule has 0 saturated carbocycles. The molecule has 0 aliphatic carbocycles. The Morgan fingerprint density at radius 2 is 1.92 bits per heavy atom. The van der Waals surface area contributed by atoms with Gasteiger partial charge in [0.05, 0.1) is 39.3 Å². The summed E-state index contributed by atoms with van der Waals surface area (Å²) in [5.74, 6) is 1.61. The van der Waals surface area contributed by atoms with Gasteiger partial charge in [-0.25, -0.2) is 20.0 Å². The number of para-hydroxylation sites is 1. The zero-order chi connectivity index (χ0) is 27.0. The molecule has 0 saturated heterocycles. The highest BCUT2D eigenvalue weighted by atomic mass is 31.2. The van der Waals surface area contributed by atoms with Crippen LogP contribution in [0.1, 0.15) is 18.1 Å². The summed E-state index contributed by atoms with van der Waals surface area (Å²) in [5, 5.41) is 3.02. The minimum Gasteiger partial charge on any atom is -0.497 e. The van der Waals surface area contributed by atoms with Crippen molar-refractivity contribution in [1.82, 2.24) is 24.6 Å². The Balaban J connectivity index is 1.32. The molecule has 2 heterocycles. The van der Waals surface area contributed by atoms with Crippen LogP contribution in [0.2, 0.25) is 0 Å². The van der Waals surface area contributed by atoms with Crippen LogP contribution >= 0.6 is 7.52 Å². The zero-order valence-corrected chi connectivity index (χ0v) is 22.6. The third kappa shape index (κ3) is 7.29. The number of aryl methyl sites for hydroxylation is 1. The first-order chi connectivity index (χ1) is 18.4. The van der Waals surface area contributed by atoms with E-state index in [2.05, 4.69) is 20.0 Å². The molecular formula is C26H33N6O5P. The molecule has 4 rings (SSSR count). The van der Waals surface area contributed by atoms with Gasteiger partial charge in [0, 0.05) is 6.54 Å². The predicted molar refractivity (Wildman–Crippen MR) is 145 cm³/mol. The highest BCUT2D eigenvalue weighted by Gasteiger charge is 2.26. The van der Waals surface area contributed by atoms with Gasteiger partial charge in [0.2, 0.25) is 0 Å². The van der Waals surface area contributed by atoms with Gasteiger partial charge in [-0.15, -0.1) is 0 Å². The Bertz CT molecular complexity index is 1380. The second kappa shape index (κ2) is 12.8. The van der Waals surface area contributed by atoms with Crippen molar-refractivity contribution in [2.24, 2.45) is 0 Å². The maximum atomic E-state index is 13.7. The number of methoxy groups -OCH3 is 1. The first-order valence-corrected chi connectivity index (χ1v) is 14.0. The molecule has 0 aliphatic heterocycles. The Labute approximate surface area is 221 Å². The van der Waals surface area contributed by atoms with Gasteiger partial charge in [-0.1, -0.05) is 24.3 Å². The first kappa shape index (κ1) is 27.5. The number of ether oxygens (including phenoxy) is 3. The van der Waals surface area contributed by atoms with Crippen LogP contribution in [0.5, 0.6) is 11.5 Å². The standard InChI is InChI=1S/C26H33N6O5P/c1-19-13-23(34-3)10-9-21(19)15-35-12-11-31-38(33,37-22-7-5-4-6-8-22)18-36-20(2)14-32-17-30-24-25(27)28-16-29-26(24)32/h4-10,13,16-17,20H,11-12,14-15,18H2,1-3H3,(H,31,33)(H2,27,28,29)/t20-,38?/m1/s1. The molecule has 0 radical (unpaired) electrons. The molecule has 0 amide bonds. The molecule has 0 bridgehead atoms. The van der Waals surface area contributed by atoms with E-state index in [-0.39, 0.29) is 12.5 Å². The number of hydrogen-bond acceptors (Lipinski definition) is 9. The van der Waals surface area contributed by atoms with Crippen LogP contribution in [0.25, 0.3) is 11.2 Å². The SMILES string of the molecule is COc1ccc(COCCNP(=O)(CO[C@H](C)Cn2cnc3c(N)ncnc32)Oc2ccccc2)c(C)c1. The number of hydrogen-bond donors (Lipinski definition) is 2. The minimum absolute atomic E-state index is 0.135. The smallest absolute Gasteiger partial charge is 0.342 e. The van der Waals surface area contributed by atoms with Crippen molar-refractivity contribution in [3.63, 3.8) is 0 Å². The minimum atomic E-state index is -3.41. The lowest BCUT2D eigenvalue weighted by Gasteiger charge is -2.23. The van der Waals surface area contributed by atoms with Crippen molar-refractivity contribution in [3.05, 3.63) is 72.3 Å². The number of benzene rings is 2. The molecule has 2 atom stereocenters. The average molecular weight is 541 g/mol. The van der Waals surface area contributed by atoms with E-state index in [0.717, 1.165) is 16.9 Å². The summed E-state index contributed by atoms with van der Waals surface area (Å²) in [7, 11) is -1.77. The number of nitrogen functional groups attached to an aromatic ring is 1. The Morgan fingerprint density at radius 1 is 1.11 bits per heavy atom. The molecule has 0 aliphatic rings. The van der Waals surface area contributed by atoms with Gasteiger partial charge in [-0.3, -0.25) is 4.57 Å². The van der Waals surface area contributed by atoms with Gasteiger partial charge in [-0.05, 0) is 49.2 Å². The molecule has 2 aromatic heterocycles. The average Bonchev–Trinajstić information content (AvgIpc) is 3.32. The van der Waals surface area contributed by atoms with Crippen molar-refractivity contribution in [2.75, 3.05) is 32.3 Å². The van der Waals surface area contributed by atoms with Gasteiger partial charge < -0.3 is 29.0 Å². The molecule has 0 spiro atoms.